The monoisotopic (exact) mass is 120 g/mol. The molecule has 0 saturated carbocycles. The molecule has 1 rings (SSSR count). The molecule has 1 fully saturated rings. The lowest BCUT2D eigenvalue weighted by atomic mass is 9.61. The van der Waals surface area contributed by atoms with E-state index < -0.39 is 0 Å². The second kappa shape index (κ2) is 3.31. The van der Waals surface area contributed by atoms with Crippen LogP contribution in [-0.4, -0.2) is 28.9 Å². The van der Waals surface area contributed by atoms with E-state index in [0.717, 1.165) is 26.1 Å². The highest BCUT2D eigenvalue weighted by atomic mass is 16.5. The third kappa shape index (κ3) is 2.05. The molecule has 3 heteroatoms. The lowest BCUT2D eigenvalue weighted by Crippen LogP contribution is -2.20. The Bertz CT molecular complexity index is 79.1. The van der Waals surface area contributed by atoms with Gasteiger partial charge in [-0.15, -0.1) is 5.72 Å². The lowest BCUT2D eigenvalue weighted by Gasteiger charge is -2.25. The Morgan fingerprint density at radius 2 is 1.78 bits per heavy atom. The number of ether oxygens (including phenoxy) is 1. The Morgan fingerprint density at radius 3 is 2.11 bits per heavy atom. The van der Waals surface area contributed by atoms with Crippen molar-refractivity contribution in [3.8, 4) is 0 Å². The van der Waals surface area contributed by atoms with Gasteiger partial charge < -0.3 is 4.74 Å². The van der Waals surface area contributed by atoms with Crippen molar-refractivity contribution < 1.29 is 4.74 Å². The molecule has 0 amide bonds. The van der Waals surface area contributed by atoms with Gasteiger partial charge in [0, 0.05) is 13.2 Å². The van der Waals surface area contributed by atoms with Crippen LogP contribution in [0.2, 0.25) is 5.72 Å². The van der Waals surface area contributed by atoms with Gasteiger partial charge in [-0.3, -0.25) is 0 Å². The van der Waals surface area contributed by atoms with Crippen LogP contribution in [0.15, 0.2) is 0 Å². The van der Waals surface area contributed by atoms with Crippen molar-refractivity contribution in [2.75, 3.05) is 13.2 Å². The molecule has 1 aliphatic rings. The van der Waals surface area contributed by atoms with Gasteiger partial charge in [0.05, 0.1) is 15.7 Å². The van der Waals surface area contributed by atoms with E-state index in [4.69, 9.17) is 20.4 Å². The molecule has 9 heavy (non-hydrogen) atoms. The summed E-state index contributed by atoms with van der Waals surface area (Å²) in [5.41, 5.74) is -0.145. The fraction of sp³-hybridized carbons (Fsp3) is 1.00. The van der Waals surface area contributed by atoms with E-state index in [1.807, 2.05) is 0 Å². The Balaban J connectivity index is 2.23. The fourth-order valence-electron chi connectivity index (χ4n) is 1.10. The zero-order chi connectivity index (χ0) is 6.69. The maximum Gasteiger partial charge on any atom is 0.0579 e. The summed E-state index contributed by atoms with van der Waals surface area (Å²) in [6.45, 7) is 1.66. The molecular formula is C6H10B2O. The van der Waals surface area contributed by atoms with Crippen LogP contribution in [0.1, 0.15) is 12.8 Å². The summed E-state index contributed by atoms with van der Waals surface area (Å²) in [7, 11) is 11.0. The fourth-order valence-corrected chi connectivity index (χ4v) is 1.10. The van der Waals surface area contributed by atoms with Crippen LogP contribution in [0, 0.1) is 5.92 Å². The molecule has 0 bridgehead atoms. The van der Waals surface area contributed by atoms with E-state index in [-0.39, 0.29) is 5.72 Å². The van der Waals surface area contributed by atoms with E-state index in [2.05, 4.69) is 0 Å². The standard InChI is InChI=1S/C6H10B2O/c7-6(8)5-1-3-9-4-2-5/h5-6H,1-4H2. The van der Waals surface area contributed by atoms with Crippen molar-refractivity contribution in [1.29, 1.82) is 0 Å². The van der Waals surface area contributed by atoms with Crippen molar-refractivity contribution in [2.45, 2.75) is 18.6 Å². The van der Waals surface area contributed by atoms with Crippen molar-refractivity contribution >= 4 is 15.7 Å². The van der Waals surface area contributed by atoms with Gasteiger partial charge in [-0.1, -0.05) is 0 Å². The molecule has 0 aliphatic carbocycles. The van der Waals surface area contributed by atoms with Gasteiger partial charge in [-0.2, -0.15) is 0 Å². The molecule has 46 valence electrons. The van der Waals surface area contributed by atoms with E-state index >= 15 is 0 Å². The predicted octanol–water partition coefficient (Wildman–Crippen LogP) is 0.496. The Hall–Kier alpha value is 0.0899. The Morgan fingerprint density at radius 1 is 1.22 bits per heavy atom. The average molecular weight is 120 g/mol. The SMILES string of the molecule is [B]C([B])C1CCOCC1. The summed E-state index contributed by atoms with van der Waals surface area (Å²) >= 11 is 0. The first-order chi connectivity index (χ1) is 4.30. The van der Waals surface area contributed by atoms with E-state index in [1.54, 1.807) is 0 Å². The smallest absolute Gasteiger partial charge is 0.0579 e. The summed E-state index contributed by atoms with van der Waals surface area (Å²) in [5.74, 6) is 0.485. The minimum Gasteiger partial charge on any atom is -0.381 e. The summed E-state index contributed by atoms with van der Waals surface area (Å²) in [5, 5.41) is 0. The van der Waals surface area contributed by atoms with E-state index in [1.165, 1.54) is 0 Å². The minimum atomic E-state index is -0.145. The minimum absolute atomic E-state index is 0.145. The van der Waals surface area contributed by atoms with Crippen LogP contribution in [0.4, 0.5) is 0 Å². The van der Waals surface area contributed by atoms with Gasteiger partial charge in [0.15, 0.2) is 0 Å². The first-order valence-electron chi connectivity index (χ1n) is 3.39. The third-order valence-electron chi connectivity index (χ3n) is 1.81. The maximum absolute atomic E-state index is 5.49. The lowest BCUT2D eigenvalue weighted by molar-refractivity contribution is 0.0694. The maximum atomic E-state index is 5.49. The van der Waals surface area contributed by atoms with Crippen molar-refractivity contribution in [2.24, 2.45) is 5.92 Å². The topological polar surface area (TPSA) is 9.23 Å². The van der Waals surface area contributed by atoms with E-state index in [9.17, 15) is 0 Å². The molecule has 1 heterocycles. The molecule has 0 spiro atoms. The number of hydrogen-bond donors (Lipinski definition) is 0. The second-order valence-corrected chi connectivity index (χ2v) is 2.53. The molecule has 0 N–H and O–H groups in total. The van der Waals surface area contributed by atoms with E-state index in [0.29, 0.717) is 5.92 Å². The van der Waals surface area contributed by atoms with Crippen molar-refractivity contribution in [3.63, 3.8) is 0 Å². The zero-order valence-electron chi connectivity index (χ0n) is 5.55. The number of rotatable bonds is 1. The zero-order valence-corrected chi connectivity index (χ0v) is 5.55. The van der Waals surface area contributed by atoms with Crippen LogP contribution in [0.5, 0.6) is 0 Å². The molecular weight excluding hydrogens is 110 g/mol. The highest BCUT2D eigenvalue weighted by Gasteiger charge is 2.15. The second-order valence-electron chi connectivity index (χ2n) is 2.53. The molecule has 4 radical (unpaired) electrons. The highest BCUT2D eigenvalue weighted by Crippen LogP contribution is 2.22. The molecule has 0 atom stereocenters. The Labute approximate surface area is 59.0 Å². The van der Waals surface area contributed by atoms with Crippen LogP contribution >= 0.6 is 0 Å². The molecule has 1 aliphatic heterocycles. The van der Waals surface area contributed by atoms with Gasteiger partial charge in [-0.05, 0) is 18.8 Å². The normalized spacial score (nSPS) is 22.8. The van der Waals surface area contributed by atoms with Gasteiger partial charge in [0.1, 0.15) is 0 Å². The number of hydrogen-bond acceptors (Lipinski definition) is 1. The van der Waals surface area contributed by atoms with Gasteiger partial charge in [-0.25, -0.2) is 0 Å². The van der Waals surface area contributed by atoms with Crippen molar-refractivity contribution in [1.82, 2.24) is 0 Å². The average Bonchev–Trinajstić information content (AvgIpc) is 1.90. The van der Waals surface area contributed by atoms with Gasteiger partial charge in [0.2, 0.25) is 0 Å². The van der Waals surface area contributed by atoms with Gasteiger partial charge in [0.25, 0.3) is 0 Å². The summed E-state index contributed by atoms with van der Waals surface area (Å²) in [6, 6.07) is 0. The highest BCUT2D eigenvalue weighted by molar-refractivity contribution is 6.35. The van der Waals surface area contributed by atoms with Gasteiger partial charge >= 0.3 is 0 Å². The van der Waals surface area contributed by atoms with Crippen molar-refractivity contribution in [3.05, 3.63) is 0 Å². The predicted molar refractivity (Wildman–Crippen MR) is 38.8 cm³/mol. The quantitative estimate of drug-likeness (QED) is 0.457. The molecule has 0 aromatic heterocycles. The first-order valence-corrected chi connectivity index (χ1v) is 3.39. The van der Waals surface area contributed by atoms with Crippen LogP contribution in [-0.2, 0) is 4.74 Å². The Kier molecular flexibility index (Phi) is 2.65. The van der Waals surface area contributed by atoms with Crippen LogP contribution < -0.4 is 0 Å². The largest absolute Gasteiger partial charge is 0.381 e. The summed E-state index contributed by atoms with van der Waals surface area (Å²) in [4.78, 5) is 0. The first kappa shape index (κ1) is 7.20. The van der Waals surface area contributed by atoms with Crippen LogP contribution in [0.3, 0.4) is 0 Å². The third-order valence-corrected chi connectivity index (χ3v) is 1.81. The molecule has 0 unspecified atom stereocenters. The van der Waals surface area contributed by atoms with Crippen LogP contribution in [0.25, 0.3) is 0 Å². The molecule has 1 saturated heterocycles. The summed E-state index contributed by atoms with van der Waals surface area (Å²) in [6.07, 6.45) is 2.05. The molecule has 0 aromatic rings. The molecule has 1 nitrogen and oxygen atoms in total. The molecule has 0 aromatic carbocycles. The summed E-state index contributed by atoms with van der Waals surface area (Å²) < 4.78 is 5.14.